The smallest absolute Gasteiger partial charge is 0.238 e. The van der Waals surface area contributed by atoms with Crippen LogP contribution in [0.15, 0.2) is 28.9 Å². The quantitative estimate of drug-likeness (QED) is 0.768. The van der Waals surface area contributed by atoms with Crippen molar-refractivity contribution in [2.75, 3.05) is 18.1 Å². The maximum Gasteiger partial charge on any atom is 0.238 e. The second-order valence-corrected chi connectivity index (χ2v) is 7.70. The number of halogens is 1. The van der Waals surface area contributed by atoms with Crippen LogP contribution in [0.1, 0.15) is 31.2 Å². The zero-order valence-electron chi connectivity index (χ0n) is 12.7. The Bertz CT molecular complexity index is 825. The molecule has 0 unspecified atom stereocenters. The van der Waals surface area contributed by atoms with Gasteiger partial charge in [-0.3, -0.25) is 9.78 Å². The van der Waals surface area contributed by atoms with E-state index < -0.39 is 5.41 Å². The molecule has 0 radical (unpaired) electrons. The van der Waals surface area contributed by atoms with Gasteiger partial charge in [0.15, 0.2) is 0 Å². The number of hydrogen-bond donors (Lipinski definition) is 0. The standard InChI is InChI=1S/C18H17BrN2O2/c19-11-1-4-14-13(9-11)16-15(10-20-14)21(12-2-3-12)17(22)18(16)5-7-23-8-6-18/h1,4,9-10,12H,2-3,5-8H2. The number of nitrogens with zero attached hydrogens (tertiary/aromatic N) is 2. The molecule has 2 fully saturated rings. The second kappa shape index (κ2) is 4.77. The van der Waals surface area contributed by atoms with E-state index in [1.807, 2.05) is 23.2 Å². The van der Waals surface area contributed by atoms with E-state index in [1.54, 1.807) is 0 Å². The molecule has 1 aromatic heterocycles. The van der Waals surface area contributed by atoms with Gasteiger partial charge in [0.1, 0.15) is 0 Å². The summed E-state index contributed by atoms with van der Waals surface area (Å²) in [6.07, 6.45) is 5.66. The fourth-order valence-electron chi connectivity index (χ4n) is 4.17. The van der Waals surface area contributed by atoms with Crippen molar-refractivity contribution in [3.8, 4) is 0 Å². The lowest BCUT2D eigenvalue weighted by Crippen LogP contribution is -2.44. The summed E-state index contributed by atoms with van der Waals surface area (Å²) in [4.78, 5) is 20.0. The van der Waals surface area contributed by atoms with Gasteiger partial charge >= 0.3 is 0 Å². The minimum Gasteiger partial charge on any atom is -0.381 e. The highest BCUT2D eigenvalue weighted by Gasteiger charge is 2.55. The SMILES string of the molecule is O=C1N(C2CC2)c2cnc3ccc(Br)cc3c2C12CCOCC2. The normalized spacial score (nSPS) is 22.8. The largest absolute Gasteiger partial charge is 0.381 e. The minimum atomic E-state index is -0.418. The molecular formula is C18H17BrN2O2. The lowest BCUT2D eigenvalue weighted by Gasteiger charge is -2.33. The first kappa shape index (κ1) is 13.9. The van der Waals surface area contributed by atoms with Crippen LogP contribution in [0.5, 0.6) is 0 Å². The molecule has 1 saturated heterocycles. The van der Waals surface area contributed by atoms with Gasteiger partial charge in [0.25, 0.3) is 0 Å². The molecule has 5 heteroatoms. The molecule has 5 rings (SSSR count). The van der Waals surface area contributed by atoms with Gasteiger partial charge in [0.2, 0.25) is 5.91 Å². The van der Waals surface area contributed by atoms with Gasteiger partial charge < -0.3 is 9.64 Å². The monoisotopic (exact) mass is 372 g/mol. The number of amides is 1. The van der Waals surface area contributed by atoms with Gasteiger partial charge in [-0.2, -0.15) is 0 Å². The van der Waals surface area contributed by atoms with E-state index in [9.17, 15) is 4.79 Å². The summed E-state index contributed by atoms with van der Waals surface area (Å²) in [6.45, 7) is 1.31. The van der Waals surface area contributed by atoms with Crippen molar-refractivity contribution in [1.82, 2.24) is 4.98 Å². The molecular weight excluding hydrogens is 356 g/mol. The van der Waals surface area contributed by atoms with Crippen LogP contribution in [0.25, 0.3) is 10.9 Å². The molecule has 4 nitrogen and oxygen atoms in total. The highest BCUT2D eigenvalue weighted by molar-refractivity contribution is 9.10. The third kappa shape index (κ3) is 1.86. The van der Waals surface area contributed by atoms with E-state index in [1.165, 1.54) is 5.56 Å². The number of fused-ring (bicyclic) bond motifs is 4. The Morgan fingerprint density at radius 2 is 2.04 bits per heavy atom. The maximum absolute atomic E-state index is 13.4. The molecule has 1 aromatic carbocycles. The van der Waals surface area contributed by atoms with Gasteiger partial charge in [0, 0.05) is 34.7 Å². The number of benzene rings is 1. The van der Waals surface area contributed by atoms with Crippen molar-refractivity contribution in [2.24, 2.45) is 0 Å². The number of anilines is 1. The summed E-state index contributed by atoms with van der Waals surface area (Å²) in [6, 6.07) is 6.52. The molecule has 1 aliphatic carbocycles. The number of aromatic nitrogens is 1. The van der Waals surface area contributed by atoms with Gasteiger partial charge in [-0.05, 0) is 43.9 Å². The third-order valence-electron chi connectivity index (χ3n) is 5.43. The Labute approximate surface area is 143 Å². The fraction of sp³-hybridized carbons (Fsp3) is 0.444. The lowest BCUT2D eigenvalue weighted by molar-refractivity contribution is -0.126. The second-order valence-electron chi connectivity index (χ2n) is 6.78. The van der Waals surface area contributed by atoms with Crippen LogP contribution in [-0.2, 0) is 14.9 Å². The highest BCUT2D eigenvalue weighted by atomic mass is 79.9. The zero-order valence-corrected chi connectivity index (χ0v) is 14.3. The van der Waals surface area contributed by atoms with E-state index in [4.69, 9.17) is 4.74 Å². The van der Waals surface area contributed by atoms with E-state index >= 15 is 0 Å². The number of carbonyl (C=O) groups excluding carboxylic acids is 1. The third-order valence-corrected chi connectivity index (χ3v) is 5.93. The van der Waals surface area contributed by atoms with Crippen molar-refractivity contribution < 1.29 is 9.53 Å². The van der Waals surface area contributed by atoms with Crippen LogP contribution in [0, 0.1) is 0 Å². The zero-order chi connectivity index (χ0) is 15.6. The van der Waals surface area contributed by atoms with E-state index in [2.05, 4.69) is 27.0 Å². The van der Waals surface area contributed by atoms with E-state index in [0.29, 0.717) is 19.3 Å². The molecule has 1 saturated carbocycles. The lowest BCUT2D eigenvalue weighted by atomic mass is 9.74. The van der Waals surface area contributed by atoms with Crippen LogP contribution < -0.4 is 4.90 Å². The topological polar surface area (TPSA) is 42.4 Å². The highest BCUT2D eigenvalue weighted by Crippen LogP contribution is 2.53. The molecule has 3 aliphatic rings. The predicted octanol–water partition coefficient (Wildman–Crippen LogP) is 3.55. The molecule has 2 aliphatic heterocycles. The molecule has 23 heavy (non-hydrogen) atoms. The van der Waals surface area contributed by atoms with E-state index in [0.717, 1.165) is 46.7 Å². The van der Waals surface area contributed by atoms with Crippen LogP contribution >= 0.6 is 15.9 Å². The summed E-state index contributed by atoms with van der Waals surface area (Å²) in [7, 11) is 0. The predicted molar refractivity (Wildman–Crippen MR) is 91.7 cm³/mol. The minimum absolute atomic E-state index is 0.271. The number of rotatable bonds is 1. The summed E-state index contributed by atoms with van der Waals surface area (Å²) in [5, 5.41) is 1.11. The number of carbonyl (C=O) groups is 1. The molecule has 0 bridgehead atoms. The van der Waals surface area contributed by atoms with Crippen molar-refractivity contribution in [1.29, 1.82) is 0 Å². The van der Waals surface area contributed by atoms with E-state index in [-0.39, 0.29) is 5.91 Å². The Morgan fingerprint density at radius 3 is 2.78 bits per heavy atom. The summed E-state index contributed by atoms with van der Waals surface area (Å²) >= 11 is 3.57. The molecule has 1 amide bonds. The summed E-state index contributed by atoms with van der Waals surface area (Å²) < 4.78 is 6.60. The summed E-state index contributed by atoms with van der Waals surface area (Å²) in [5.41, 5.74) is 2.76. The van der Waals surface area contributed by atoms with Crippen molar-refractivity contribution in [3.63, 3.8) is 0 Å². The fourth-order valence-corrected chi connectivity index (χ4v) is 4.53. The molecule has 1 spiro atoms. The molecule has 3 heterocycles. The number of ether oxygens (including phenoxy) is 1. The summed E-state index contributed by atoms with van der Waals surface area (Å²) in [5.74, 6) is 0.271. The first-order valence-corrected chi connectivity index (χ1v) is 9.00. The van der Waals surface area contributed by atoms with Crippen LogP contribution in [-0.4, -0.2) is 30.1 Å². The Kier molecular flexibility index (Phi) is 2.89. The van der Waals surface area contributed by atoms with Gasteiger partial charge in [-0.25, -0.2) is 0 Å². The van der Waals surface area contributed by atoms with Crippen LogP contribution in [0.2, 0.25) is 0 Å². The maximum atomic E-state index is 13.4. The van der Waals surface area contributed by atoms with Gasteiger partial charge in [-0.15, -0.1) is 0 Å². The molecule has 0 N–H and O–H groups in total. The Balaban J connectivity index is 1.83. The number of pyridine rings is 1. The first-order chi connectivity index (χ1) is 11.2. The van der Waals surface area contributed by atoms with Crippen molar-refractivity contribution >= 4 is 38.4 Å². The number of hydrogen-bond acceptors (Lipinski definition) is 3. The average Bonchev–Trinajstić information content (AvgIpc) is 3.36. The molecule has 118 valence electrons. The van der Waals surface area contributed by atoms with Crippen molar-refractivity contribution in [3.05, 3.63) is 34.4 Å². The van der Waals surface area contributed by atoms with Gasteiger partial charge in [0.05, 0.1) is 22.8 Å². The van der Waals surface area contributed by atoms with Crippen molar-refractivity contribution in [2.45, 2.75) is 37.1 Å². The molecule has 0 atom stereocenters. The Morgan fingerprint density at radius 1 is 1.26 bits per heavy atom. The average molecular weight is 373 g/mol. The Hall–Kier alpha value is -1.46. The molecule has 2 aromatic rings. The van der Waals surface area contributed by atoms with Gasteiger partial charge in [-0.1, -0.05) is 15.9 Å². The van der Waals surface area contributed by atoms with Crippen LogP contribution in [0.4, 0.5) is 5.69 Å². The van der Waals surface area contributed by atoms with Crippen LogP contribution in [0.3, 0.4) is 0 Å². The first-order valence-electron chi connectivity index (χ1n) is 8.21.